The van der Waals surface area contributed by atoms with Gasteiger partial charge in [-0.3, -0.25) is 19.8 Å². The van der Waals surface area contributed by atoms with Crippen LogP contribution in [-0.4, -0.2) is 22.7 Å². The summed E-state index contributed by atoms with van der Waals surface area (Å²) in [6, 6.07) is 16.5. The van der Waals surface area contributed by atoms with E-state index in [4.69, 9.17) is 0 Å². The molecule has 5 nitrogen and oxygen atoms in total. The molecule has 0 radical (unpaired) electrons. The maximum Gasteiger partial charge on any atom is 0.253 e. The Morgan fingerprint density at radius 3 is 1.47 bits per heavy atom. The molecule has 1 N–H and O–H groups in total. The minimum Gasteiger partial charge on any atom is -0.273 e. The molecule has 1 saturated heterocycles. The predicted molar refractivity (Wildman–Crippen MR) is 124 cm³/mol. The van der Waals surface area contributed by atoms with Gasteiger partial charge in [-0.1, -0.05) is 48.5 Å². The van der Waals surface area contributed by atoms with E-state index in [1.54, 1.807) is 0 Å². The first-order valence-corrected chi connectivity index (χ1v) is 12.9. The van der Waals surface area contributed by atoms with Gasteiger partial charge in [0.05, 0.1) is 17.3 Å². The summed E-state index contributed by atoms with van der Waals surface area (Å²) in [6.07, 6.45) is 6.48. The number of hydrogen-bond acceptors (Lipinski definition) is 3. The molecule has 0 aromatic heterocycles. The number of hydrogen-bond donors (Lipinski definition) is 1. The zero-order valence-electron chi connectivity index (χ0n) is 19.1. The Morgan fingerprint density at radius 1 is 0.706 bits per heavy atom. The molecule has 5 fully saturated rings. The Kier molecular flexibility index (Phi) is 3.63. The highest BCUT2D eigenvalue weighted by Crippen LogP contribution is 2.62. The molecule has 7 aliphatic carbocycles. The molecule has 1 aliphatic heterocycles. The Morgan fingerprint density at radius 2 is 1.09 bits per heavy atom. The number of nitrogens with zero attached hydrogens (tertiary/aromatic N) is 1. The average molecular weight is 453 g/mol. The van der Waals surface area contributed by atoms with E-state index in [0.717, 1.165) is 46.5 Å². The average Bonchev–Trinajstić information content (AvgIpc) is 3.08. The van der Waals surface area contributed by atoms with E-state index < -0.39 is 17.3 Å². The fraction of sp³-hybridized carbons (Fsp3) is 0.483. The fourth-order valence-corrected chi connectivity index (χ4v) is 9.40. The van der Waals surface area contributed by atoms with Gasteiger partial charge in [0.25, 0.3) is 11.8 Å². The lowest BCUT2D eigenvalue weighted by Crippen LogP contribution is -2.58. The predicted octanol–water partition coefficient (Wildman–Crippen LogP) is 4.13. The number of nitrogens with one attached hydrogen (secondary N) is 1. The Bertz CT molecular complexity index is 1130. The largest absolute Gasteiger partial charge is 0.273 e. The van der Waals surface area contributed by atoms with Crippen LogP contribution >= 0.6 is 0 Å². The van der Waals surface area contributed by atoms with Gasteiger partial charge in [-0.25, -0.2) is 0 Å². The van der Waals surface area contributed by atoms with E-state index in [0.29, 0.717) is 17.8 Å². The number of benzene rings is 2. The van der Waals surface area contributed by atoms with Crippen molar-refractivity contribution in [2.45, 2.75) is 50.4 Å². The molecule has 0 spiro atoms. The fourth-order valence-electron chi connectivity index (χ4n) is 9.40. The molecule has 4 saturated carbocycles. The van der Waals surface area contributed by atoms with Gasteiger partial charge in [0.2, 0.25) is 5.91 Å². The molecule has 6 bridgehead atoms. The van der Waals surface area contributed by atoms with Gasteiger partial charge in [0.15, 0.2) is 0 Å². The highest BCUT2D eigenvalue weighted by Gasteiger charge is 2.63. The van der Waals surface area contributed by atoms with Crippen LogP contribution in [0.25, 0.3) is 0 Å². The second kappa shape index (κ2) is 6.38. The first kappa shape index (κ1) is 19.4. The molecule has 2 aromatic carbocycles. The van der Waals surface area contributed by atoms with Crippen molar-refractivity contribution in [1.82, 2.24) is 10.4 Å². The summed E-state index contributed by atoms with van der Waals surface area (Å²) in [5, 5.41) is 1.13. The van der Waals surface area contributed by atoms with Crippen LogP contribution in [0.1, 0.15) is 72.6 Å². The molecule has 5 heteroatoms. The Labute approximate surface area is 198 Å². The normalized spacial score (nSPS) is 40.2. The van der Waals surface area contributed by atoms with Gasteiger partial charge in [-0.15, -0.1) is 0 Å². The van der Waals surface area contributed by atoms with Crippen LogP contribution in [-0.2, 0) is 14.4 Å². The summed E-state index contributed by atoms with van der Waals surface area (Å²) in [5.41, 5.74) is 7.14. The van der Waals surface area contributed by atoms with E-state index in [2.05, 4.69) is 29.7 Å². The van der Waals surface area contributed by atoms with Gasteiger partial charge < -0.3 is 0 Å². The lowest BCUT2D eigenvalue weighted by molar-refractivity contribution is -0.160. The second-order valence-electron chi connectivity index (χ2n) is 11.9. The summed E-state index contributed by atoms with van der Waals surface area (Å²) in [5.74, 6) is 0.172. The minimum absolute atomic E-state index is 0.0886. The molecule has 0 unspecified atom stereocenters. The maximum atomic E-state index is 13.8. The van der Waals surface area contributed by atoms with Crippen molar-refractivity contribution in [3.63, 3.8) is 0 Å². The van der Waals surface area contributed by atoms with Crippen molar-refractivity contribution in [1.29, 1.82) is 0 Å². The van der Waals surface area contributed by atoms with E-state index >= 15 is 0 Å². The summed E-state index contributed by atoms with van der Waals surface area (Å²) >= 11 is 0. The van der Waals surface area contributed by atoms with E-state index in [-0.39, 0.29) is 29.6 Å². The van der Waals surface area contributed by atoms with Crippen molar-refractivity contribution < 1.29 is 14.4 Å². The van der Waals surface area contributed by atoms with Crippen LogP contribution in [0.2, 0.25) is 0 Å². The van der Waals surface area contributed by atoms with Crippen molar-refractivity contribution in [2.75, 3.05) is 0 Å². The van der Waals surface area contributed by atoms with Crippen molar-refractivity contribution in [3.8, 4) is 0 Å². The zero-order valence-corrected chi connectivity index (χ0v) is 19.1. The van der Waals surface area contributed by atoms with Crippen LogP contribution < -0.4 is 5.43 Å². The topological polar surface area (TPSA) is 66.5 Å². The highest BCUT2D eigenvalue weighted by molar-refractivity contribution is 6.08. The van der Waals surface area contributed by atoms with Crippen molar-refractivity contribution in [2.24, 2.45) is 35.0 Å². The van der Waals surface area contributed by atoms with Gasteiger partial charge in [0.1, 0.15) is 0 Å². The highest BCUT2D eigenvalue weighted by atomic mass is 16.2. The third-order valence-electron chi connectivity index (χ3n) is 10.2. The van der Waals surface area contributed by atoms with Crippen molar-refractivity contribution in [3.05, 3.63) is 70.8 Å². The number of imide groups is 1. The lowest BCUT2D eigenvalue weighted by Gasteiger charge is -2.55. The first-order valence-electron chi connectivity index (χ1n) is 12.9. The van der Waals surface area contributed by atoms with Crippen LogP contribution in [0.3, 0.4) is 0 Å². The second-order valence-corrected chi connectivity index (χ2v) is 11.9. The van der Waals surface area contributed by atoms with Gasteiger partial charge in [-0.2, -0.15) is 5.01 Å². The summed E-state index contributed by atoms with van der Waals surface area (Å²) in [7, 11) is 0. The molecule has 172 valence electrons. The van der Waals surface area contributed by atoms with Crippen LogP contribution in [0.4, 0.5) is 0 Å². The quantitative estimate of drug-likeness (QED) is 0.697. The SMILES string of the molecule is O=C1[C@@H]2C3c4ccccc4C(c4ccccc43)[C@H]2C(=O)N1NC(=O)C12CC3CC(CC(C3)C1)C2. The van der Waals surface area contributed by atoms with E-state index in [1.807, 2.05) is 24.3 Å². The molecular formula is C29H28N2O3. The molecule has 10 rings (SSSR count). The molecule has 34 heavy (non-hydrogen) atoms. The van der Waals surface area contributed by atoms with Gasteiger partial charge >= 0.3 is 0 Å². The van der Waals surface area contributed by atoms with E-state index in [1.165, 1.54) is 19.3 Å². The monoisotopic (exact) mass is 452 g/mol. The summed E-state index contributed by atoms with van der Waals surface area (Å²) in [4.78, 5) is 41.3. The number of carbonyl (C=O) groups is 3. The zero-order chi connectivity index (χ0) is 22.8. The van der Waals surface area contributed by atoms with Crippen LogP contribution in [0, 0.1) is 35.0 Å². The number of hydrazine groups is 1. The minimum atomic E-state index is -0.445. The van der Waals surface area contributed by atoms with Crippen molar-refractivity contribution >= 4 is 17.7 Å². The summed E-state index contributed by atoms with van der Waals surface area (Å²) in [6.45, 7) is 0. The third kappa shape index (κ3) is 2.28. The smallest absolute Gasteiger partial charge is 0.253 e. The number of amides is 3. The molecule has 3 amide bonds. The van der Waals surface area contributed by atoms with E-state index in [9.17, 15) is 14.4 Å². The molecule has 8 aliphatic rings. The third-order valence-corrected chi connectivity index (χ3v) is 10.2. The first-order chi connectivity index (χ1) is 16.5. The van der Waals surface area contributed by atoms with Crippen LogP contribution in [0.15, 0.2) is 48.5 Å². The van der Waals surface area contributed by atoms with Gasteiger partial charge in [-0.05, 0) is 78.5 Å². The number of rotatable bonds is 2. The van der Waals surface area contributed by atoms with Crippen LogP contribution in [0.5, 0.6) is 0 Å². The molecular weight excluding hydrogens is 424 g/mol. The Hall–Kier alpha value is -2.95. The molecule has 2 aromatic rings. The Balaban J connectivity index is 1.16. The summed E-state index contributed by atoms with van der Waals surface area (Å²) < 4.78 is 0. The van der Waals surface area contributed by atoms with Gasteiger partial charge in [0, 0.05) is 11.8 Å². The molecule has 2 atom stereocenters. The maximum absolute atomic E-state index is 13.8. The number of carbonyl (C=O) groups excluding carboxylic acids is 3. The lowest BCUT2D eigenvalue weighted by atomic mass is 9.49. The standard InChI is InChI=1S/C29H28N2O3/c32-26-24-22-18-5-1-2-6-19(18)23(21-8-4-3-7-20(21)22)25(24)27(33)31(26)30-28(34)29-12-15-9-16(13-29)11-17(10-15)14-29/h1-8,15-17,22-25H,9-14H2,(H,30,34)/t15?,16?,17?,22?,23?,24-,25-,29?/m1/s1. The molecule has 1 heterocycles.